The van der Waals surface area contributed by atoms with Crippen LogP contribution >= 0.6 is 0 Å². The lowest BCUT2D eigenvalue weighted by molar-refractivity contribution is 0.0951. The van der Waals surface area contributed by atoms with Crippen molar-refractivity contribution in [3.05, 3.63) is 35.4 Å². The van der Waals surface area contributed by atoms with Crippen molar-refractivity contribution in [3.8, 4) is 11.5 Å². The molecule has 27 heavy (non-hydrogen) atoms. The lowest BCUT2D eigenvalue weighted by atomic mass is 9.97. The van der Waals surface area contributed by atoms with Crippen molar-refractivity contribution in [3.63, 3.8) is 0 Å². The molecule has 0 saturated heterocycles. The molecular formula is C19H26N2O5S. The molecule has 1 aliphatic carbocycles. The van der Waals surface area contributed by atoms with E-state index in [1.807, 2.05) is 0 Å². The van der Waals surface area contributed by atoms with E-state index in [1.165, 1.54) is 29.0 Å². The van der Waals surface area contributed by atoms with E-state index in [-0.39, 0.29) is 25.8 Å². The van der Waals surface area contributed by atoms with Crippen molar-refractivity contribution in [1.29, 1.82) is 0 Å². The second kappa shape index (κ2) is 8.75. The number of benzene rings is 1. The minimum Gasteiger partial charge on any atom is -0.454 e. The van der Waals surface area contributed by atoms with Crippen LogP contribution in [0.2, 0.25) is 0 Å². The molecule has 0 fully saturated rings. The summed E-state index contributed by atoms with van der Waals surface area (Å²) < 4.78 is 36.0. The molecule has 148 valence electrons. The third-order valence-corrected chi connectivity index (χ3v) is 6.12. The summed E-state index contributed by atoms with van der Waals surface area (Å²) in [6.07, 6.45) is 8.72. The Morgan fingerprint density at radius 1 is 1.19 bits per heavy atom. The van der Waals surface area contributed by atoms with Crippen LogP contribution in [0.15, 0.2) is 29.8 Å². The predicted octanol–water partition coefficient (Wildman–Crippen LogP) is 2.30. The molecule has 1 aromatic rings. The van der Waals surface area contributed by atoms with Crippen LogP contribution in [0.25, 0.3) is 0 Å². The Hall–Kier alpha value is -2.06. The van der Waals surface area contributed by atoms with Gasteiger partial charge < -0.3 is 14.8 Å². The third-order valence-electron chi connectivity index (χ3n) is 4.82. The number of hydrogen-bond donors (Lipinski definition) is 1. The van der Waals surface area contributed by atoms with Gasteiger partial charge >= 0.3 is 0 Å². The van der Waals surface area contributed by atoms with Gasteiger partial charge in [-0.05, 0) is 50.3 Å². The number of fused-ring (bicyclic) bond motifs is 1. The van der Waals surface area contributed by atoms with Crippen LogP contribution in [-0.2, 0) is 10.0 Å². The fourth-order valence-electron chi connectivity index (χ4n) is 3.28. The molecule has 1 heterocycles. The number of nitrogens with one attached hydrogen (secondary N) is 1. The molecule has 0 radical (unpaired) electrons. The number of carbonyl (C=O) groups is 1. The summed E-state index contributed by atoms with van der Waals surface area (Å²) in [5.41, 5.74) is 1.79. The van der Waals surface area contributed by atoms with Crippen molar-refractivity contribution < 1.29 is 22.7 Å². The maximum absolute atomic E-state index is 12.3. The number of sulfonamides is 1. The van der Waals surface area contributed by atoms with Crippen LogP contribution in [0, 0.1) is 0 Å². The van der Waals surface area contributed by atoms with E-state index < -0.39 is 10.0 Å². The maximum Gasteiger partial charge on any atom is 0.251 e. The molecule has 7 nitrogen and oxygen atoms in total. The fraction of sp³-hybridized carbons (Fsp3) is 0.526. The molecule has 0 spiro atoms. The average molecular weight is 394 g/mol. The zero-order valence-electron chi connectivity index (χ0n) is 15.6. The third kappa shape index (κ3) is 5.46. The maximum atomic E-state index is 12.3. The van der Waals surface area contributed by atoms with Gasteiger partial charge in [-0.1, -0.05) is 11.6 Å². The molecule has 1 aromatic carbocycles. The summed E-state index contributed by atoms with van der Waals surface area (Å²) in [5.74, 6) is 0.893. The van der Waals surface area contributed by atoms with E-state index in [0.29, 0.717) is 23.6 Å². The van der Waals surface area contributed by atoms with Gasteiger partial charge in [-0.2, -0.15) is 0 Å². The molecule has 1 N–H and O–H groups in total. The van der Waals surface area contributed by atoms with Gasteiger partial charge in [-0.3, -0.25) is 4.79 Å². The second-order valence-corrected chi connectivity index (χ2v) is 8.83. The van der Waals surface area contributed by atoms with E-state index in [2.05, 4.69) is 11.4 Å². The van der Waals surface area contributed by atoms with Crippen LogP contribution < -0.4 is 14.8 Å². The summed E-state index contributed by atoms with van der Waals surface area (Å²) in [4.78, 5) is 12.3. The second-order valence-electron chi connectivity index (χ2n) is 6.84. The van der Waals surface area contributed by atoms with Gasteiger partial charge in [0, 0.05) is 25.2 Å². The molecule has 0 bridgehead atoms. The van der Waals surface area contributed by atoms with Crippen LogP contribution in [0.4, 0.5) is 0 Å². The number of rotatable bonds is 8. The topological polar surface area (TPSA) is 84.9 Å². The summed E-state index contributed by atoms with van der Waals surface area (Å²) in [6, 6.07) is 4.98. The van der Waals surface area contributed by atoms with E-state index in [9.17, 15) is 13.2 Å². The normalized spacial score (nSPS) is 16.3. The lowest BCUT2D eigenvalue weighted by Crippen LogP contribution is -2.38. The first-order chi connectivity index (χ1) is 12.9. The van der Waals surface area contributed by atoms with Crippen LogP contribution in [0.1, 0.15) is 42.5 Å². The number of allylic oxidation sites excluding steroid dienone is 1. The zero-order chi connectivity index (χ0) is 19.3. The smallest absolute Gasteiger partial charge is 0.251 e. The Labute approximate surface area is 160 Å². The van der Waals surface area contributed by atoms with Gasteiger partial charge in [-0.15, -0.1) is 0 Å². The Morgan fingerprint density at radius 3 is 2.74 bits per heavy atom. The molecule has 0 unspecified atom stereocenters. The minimum absolute atomic E-state index is 0.153. The molecule has 8 heteroatoms. The van der Waals surface area contributed by atoms with Crippen molar-refractivity contribution >= 4 is 15.9 Å². The van der Waals surface area contributed by atoms with Gasteiger partial charge in [0.2, 0.25) is 16.8 Å². The highest BCUT2D eigenvalue weighted by Crippen LogP contribution is 2.32. The SMILES string of the molecule is CS(=O)(=O)N(CCNC(=O)c1ccc2c(c1)OCO2)CCC1=CCCCC1. The largest absolute Gasteiger partial charge is 0.454 e. The zero-order valence-corrected chi connectivity index (χ0v) is 16.4. The Balaban J connectivity index is 1.51. The number of hydrogen-bond acceptors (Lipinski definition) is 5. The molecule has 3 rings (SSSR count). The first kappa shape index (κ1) is 19.7. The summed E-state index contributed by atoms with van der Waals surface area (Å²) >= 11 is 0. The van der Waals surface area contributed by atoms with Gasteiger partial charge in [0.1, 0.15) is 0 Å². The van der Waals surface area contributed by atoms with Gasteiger partial charge in [0.05, 0.1) is 6.26 Å². The van der Waals surface area contributed by atoms with Gasteiger partial charge in [0.25, 0.3) is 5.91 Å². The monoisotopic (exact) mass is 394 g/mol. The quantitative estimate of drug-likeness (QED) is 0.684. The molecule has 0 atom stereocenters. The molecule has 0 saturated carbocycles. The number of ether oxygens (including phenoxy) is 2. The van der Waals surface area contributed by atoms with Gasteiger partial charge in [-0.25, -0.2) is 12.7 Å². The minimum atomic E-state index is -3.32. The average Bonchev–Trinajstić information content (AvgIpc) is 3.12. The van der Waals surface area contributed by atoms with E-state index >= 15 is 0 Å². The molecule has 2 aliphatic rings. The first-order valence-electron chi connectivity index (χ1n) is 9.24. The molecule has 0 aromatic heterocycles. The van der Waals surface area contributed by atoms with Gasteiger partial charge in [0.15, 0.2) is 11.5 Å². The van der Waals surface area contributed by atoms with Crippen molar-refractivity contribution in [2.45, 2.75) is 32.1 Å². The molecule has 1 amide bonds. The number of amides is 1. The molecular weight excluding hydrogens is 368 g/mol. The van der Waals surface area contributed by atoms with Crippen LogP contribution in [0.5, 0.6) is 11.5 Å². The molecule has 1 aliphatic heterocycles. The van der Waals surface area contributed by atoms with E-state index in [1.54, 1.807) is 18.2 Å². The Morgan fingerprint density at radius 2 is 2.00 bits per heavy atom. The summed E-state index contributed by atoms with van der Waals surface area (Å²) in [5, 5.41) is 2.77. The van der Waals surface area contributed by atoms with Crippen molar-refractivity contribution in [2.75, 3.05) is 32.7 Å². The van der Waals surface area contributed by atoms with E-state index in [4.69, 9.17) is 9.47 Å². The number of carbonyl (C=O) groups excluding carboxylic acids is 1. The highest BCUT2D eigenvalue weighted by atomic mass is 32.2. The highest BCUT2D eigenvalue weighted by molar-refractivity contribution is 7.88. The highest BCUT2D eigenvalue weighted by Gasteiger charge is 2.19. The Bertz CT molecular complexity index is 819. The van der Waals surface area contributed by atoms with Crippen molar-refractivity contribution in [2.24, 2.45) is 0 Å². The standard InChI is InChI=1S/C19H26N2O5S/c1-27(23,24)21(11-9-15-5-3-2-4-6-15)12-10-20-19(22)16-7-8-17-18(13-16)26-14-25-17/h5,7-8,13H,2-4,6,9-12,14H2,1H3,(H,20,22). The summed E-state index contributed by atoms with van der Waals surface area (Å²) in [7, 11) is -3.32. The van der Waals surface area contributed by atoms with Crippen LogP contribution in [-0.4, -0.2) is 51.3 Å². The van der Waals surface area contributed by atoms with Crippen molar-refractivity contribution in [1.82, 2.24) is 9.62 Å². The fourth-order valence-corrected chi connectivity index (χ4v) is 4.12. The number of nitrogens with zero attached hydrogens (tertiary/aromatic N) is 1. The summed E-state index contributed by atoms with van der Waals surface area (Å²) in [6.45, 7) is 1.10. The lowest BCUT2D eigenvalue weighted by Gasteiger charge is -2.22. The van der Waals surface area contributed by atoms with Crippen LogP contribution in [0.3, 0.4) is 0 Å². The van der Waals surface area contributed by atoms with E-state index in [0.717, 1.165) is 19.3 Å². The first-order valence-corrected chi connectivity index (χ1v) is 11.1. The Kier molecular flexibility index (Phi) is 6.38. The predicted molar refractivity (Wildman–Crippen MR) is 102 cm³/mol.